The number of carboxylic acids is 1. The number of hydrogen-bond donors (Lipinski definition) is 2. The summed E-state index contributed by atoms with van der Waals surface area (Å²) in [7, 11) is 2.10. The van der Waals surface area contributed by atoms with Crippen molar-refractivity contribution in [2.45, 2.75) is 19.9 Å². The fraction of sp³-hybridized carbons (Fsp3) is 0.500. The summed E-state index contributed by atoms with van der Waals surface area (Å²) in [5.41, 5.74) is 8.16. The summed E-state index contributed by atoms with van der Waals surface area (Å²) in [5, 5.41) is 9.21. The lowest BCUT2D eigenvalue weighted by Crippen LogP contribution is -2.50. The lowest BCUT2D eigenvalue weighted by atomic mass is 10.0. The number of piperazine rings is 1. The highest BCUT2D eigenvalue weighted by Gasteiger charge is 2.23. The summed E-state index contributed by atoms with van der Waals surface area (Å²) < 4.78 is 0. The molecule has 0 radical (unpaired) electrons. The first-order valence-corrected chi connectivity index (χ1v) is 6.48. The van der Waals surface area contributed by atoms with Gasteiger partial charge in [-0.1, -0.05) is 0 Å². The normalized spacial score (nSPS) is 20.6. The molecule has 3 N–H and O–H groups in total. The fourth-order valence-electron chi connectivity index (χ4n) is 2.65. The molecule has 19 heavy (non-hydrogen) atoms. The van der Waals surface area contributed by atoms with Crippen LogP contribution in [0.3, 0.4) is 0 Å². The molecule has 1 saturated heterocycles. The van der Waals surface area contributed by atoms with Gasteiger partial charge in [-0.15, -0.1) is 0 Å². The van der Waals surface area contributed by atoms with E-state index in [1.807, 2.05) is 13.0 Å². The van der Waals surface area contributed by atoms with Crippen molar-refractivity contribution in [2.24, 2.45) is 0 Å². The van der Waals surface area contributed by atoms with Gasteiger partial charge in [-0.05, 0) is 38.6 Å². The molecular formula is C14H21N3O2. The molecule has 1 atom stereocenters. The number of nitrogen functional groups attached to an aromatic ring is 1. The average Bonchev–Trinajstić information content (AvgIpc) is 2.32. The van der Waals surface area contributed by atoms with Crippen molar-refractivity contribution >= 4 is 17.3 Å². The molecule has 1 heterocycles. The molecular weight excluding hydrogens is 242 g/mol. The van der Waals surface area contributed by atoms with E-state index < -0.39 is 5.97 Å². The Labute approximate surface area is 113 Å². The molecule has 0 aliphatic carbocycles. The molecule has 5 nitrogen and oxygen atoms in total. The Hall–Kier alpha value is -1.75. The highest BCUT2D eigenvalue weighted by molar-refractivity contribution is 5.95. The molecule has 1 aromatic rings. The second-order valence-electron chi connectivity index (χ2n) is 5.33. The Morgan fingerprint density at radius 3 is 2.68 bits per heavy atom. The summed E-state index contributed by atoms with van der Waals surface area (Å²) in [6.07, 6.45) is 0. The Morgan fingerprint density at radius 2 is 2.11 bits per heavy atom. The molecule has 0 spiro atoms. The number of aromatic carboxylic acids is 1. The van der Waals surface area contributed by atoms with Crippen LogP contribution >= 0.6 is 0 Å². The van der Waals surface area contributed by atoms with Crippen LogP contribution in [0.4, 0.5) is 11.4 Å². The van der Waals surface area contributed by atoms with Crippen molar-refractivity contribution in [2.75, 3.05) is 37.3 Å². The molecule has 104 valence electrons. The van der Waals surface area contributed by atoms with Crippen LogP contribution in [0, 0.1) is 6.92 Å². The monoisotopic (exact) mass is 263 g/mol. The zero-order chi connectivity index (χ0) is 14.2. The zero-order valence-electron chi connectivity index (χ0n) is 11.7. The van der Waals surface area contributed by atoms with Crippen LogP contribution in [0.5, 0.6) is 0 Å². The first kappa shape index (κ1) is 13.7. The van der Waals surface area contributed by atoms with E-state index in [9.17, 15) is 9.90 Å². The van der Waals surface area contributed by atoms with Gasteiger partial charge >= 0.3 is 5.97 Å². The third-order valence-corrected chi connectivity index (χ3v) is 3.76. The molecule has 5 heteroatoms. The van der Waals surface area contributed by atoms with Gasteiger partial charge in [0.25, 0.3) is 0 Å². The molecule has 1 aromatic carbocycles. The van der Waals surface area contributed by atoms with Gasteiger partial charge in [-0.3, -0.25) is 0 Å². The van der Waals surface area contributed by atoms with E-state index in [-0.39, 0.29) is 5.56 Å². The number of nitrogens with zero attached hydrogens (tertiary/aromatic N) is 2. The van der Waals surface area contributed by atoms with Crippen molar-refractivity contribution < 1.29 is 9.90 Å². The Balaban J connectivity index is 2.37. The van der Waals surface area contributed by atoms with Gasteiger partial charge in [0.2, 0.25) is 0 Å². The van der Waals surface area contributed by atoms with Crippen LogP contribution in [0.15, 0.2) is 12.1 Å². The molecule has 0 saturated carbocycles. The maximum atomic E-state index is 11.2. The molecule has 1 fully saturated rings. The van der Waals surface area contributed by atoms with Gasteiger partial charge in [0.05, 0.1) is 5.56 Å². The molecule has 0 bridgehead atoms. The van der Waals surface area contributed by atoms with E-state index in [1.165, 1.54) is 0 Å². The van der Waals surface area contributed by atoms with Crippen LogP contribution in [0.2, 0.25) is 0 Å². The quantitative estimate of drug-likeness (QED) is 0.790. The number of benzene rings is 1. The number of rotatable bonds is 2. The Bertz CT molecular complexity index is 502. The molecule has 1 unspecified atom stereocenters. The number of likely N-dealkylation sites (N-methyl/N-ethyl adjacent to an activating group) is 1. The zero-order valence-corrected chi connectivity index (χ0v) is 11.7. The van der Waals surface area contributed by atoms with E-state index in [2.05, 4.69) is 23.8 Å². The number of carboxylic acid groups (broad SMARTS) is 1. The number of carbonyl (C=O) groups is 1. The third kappa shape index (κ3) is 2.66. The van der Waals surface area contributed by atoms with E-state index >= 15 is 0 Å². The molecule has 1 aliphatic heterocycles. The molecule has 1 aliphatic rings. The number of hydrogen-bond acceptors (Lipinski definition) is 4. The van der Waals surface area contributed by atoms with Crippen molar-refractivity contribution in [1.29, 1.82) is 0 Å². The first-order valence-electron chi connectivity index (χ1n) is 6.48. The highest BCUT2D eigenvalue weighted by Crippen LogP contribution is 2.27. The minimum absolute atomic E-state index is 0.195. The van der Waals surface area contributed by atoms with Crippen LogP contribution in [0.25, 0.3) is 0 Å². The minimum atomic E-state index is -0.968. The maximum absolute atomic E-state index is 11.2. The SMILES string of the molecule is Cc1cc(N2CCN(C)CC2C)cc(C(=O)O)c1N. The second kappa shape index (κ2) is 5.09. The van der Waals surface area contributed by atoms with Gasteiger partial charge in [0, 0.05) is 37.1 Å². The molecule has 0 aromatic heterocycles. The van der Waals surface area contributed by atoms with Crippen LogP contribution in [-0.2, 0) is 0 Å². The van der Waals surface area contributed by atoms with E-state index in [0.717, 1.165) is 30.9 Å². The van der Waals surface area contributed by atoms with Gasteiger partial charge in [0.1, 0.15) is 0 Å². The standard InChI is InChI=1S/C14H21N3O2/c1-9-6-11(7-12(13(9)15)14(18)19)17-5-4-16(3)8-10(17)2/h6-7,10H,4-5,8,15H2,1-3H3,(H,18,19). The average molecular weight is 263 g/mol. The van der Waals surface area contributed by atoms with Gasteiger partial charge in [0.15, 0.2) is 0 Å². The summed E-state index contributed by atoms with van der Waals surface area (Å²) in [6, 6.07) is 4.03. The number of aryl methyl sites for hydroxylation is 1. The fourth-order valence-corrected chi connectivity index (χ4v) is 2.65. The summed E-state index contributed by atoms with van der Waals surface area (Å²) in [6.45, 7) is 6.87. The molecule has 2 rings (SSSR count). The van der Waals surface area contributed by atoms with Gasteiger partial charge in [-0.2, -0.15) is 0 Å². The summed E-state index contributed by atoms with van der Waals surface area (Å²) >= 11 is 0. The highest BCUT2D eigenvalue weighted by atomic mass is 16.4. The lowest BCUT2D eigenvalue weighted by molar-refractivity contribution is 0.0698. The van der Waals surface area contributed by atoms with Crippen LogP contribution in [0.1, 0.15) is 22.8 Å². The van der Waals surface area contributed by atoms with Gasteiger partial charge in [-0.25, -0.2) is 4.79 Å². The summed E-state index contributed by atoms with van der Waals surface area (Å²) in [5.74, 6) is -0.968. The third-order valence-electron chi connectivity index (χ3n) is 3.76. The first-order chi connectivity index (χ1) is 8.90. The number of nitrogens with two attached hydrogens (primary N) is 1. The van der Waals surface area contributed by atoms with Crippen molar-refractivity contribution in [3.05, 3.63) is 23.3 Å². The van der Waals surface area contributed by atoms with E-state index in [4.69, 9.17) is 5.73 Å². The Morgan fingerprint density at radius 1 is 1.42 bits per heavy atom. The molecule has 0 amide bonds. The van der Waals surface area contributed by atoms with Gasteiger partial charge < -0.3 is 20.6 Å². The minimum Gasteiger partial charge on any atom is -0.478 e. The topological polar surface area (TPSA) is 69.8 Å². The largest absolute Gasteiger partial charge is 0.478 e. The number of anilines is 2. The van der Waals surface area contributed by atoms with Crippen molar-refractivity contribution in [3.8, 4) is 0 Å². The van der Waals surface area contributed by atoms with Crippen molar-refractivity contribution in [3.63, 3.8) is 0 Å². The van der Waals surface area contributed by atoms with Crippen LogP contribution in [-0.4, -0.2) is 48.7 Å². The Kier molecular flexibility index (Phi) is 3.66. The smallest absolute Gasteiger partial charge is 0.337 e. The van der Waals surface area contributed by atoms with Crippen molar-refractivity contribution in [1.82, 2.24) is 4.90 Å². The predicted octanol–water partition coefficient (Wildman–Crippen LogP) is 1.42. The predicted molar refractivity (Wildman–Crippen MR) is 76.9 cm³/mol. The lowest BCUT2D eigenvalue weighted by Gasteiger charge is -2.40. The van der Waals surface area contributed by atoms with Crippen LogP contribution < -0.4 is 10.6 Å². The van der Waals surface area contributed by atoms with E-state index in [0.29, 0.717) is 11.7 Å². The second-order valence-corrected chi connectivity index (χ2v) is 5.33. The maximum Gasteiger partial charge on any atom is 0.337 e. The summed E-state index contributed by atoms with van der Waals surface area (Å²) in [4.78, 5) is 15.8. The van der Waals surface area contributed by atoms with E-state index in [1.54, 1.807) is 6.07 Å².